The van der Waals surface area contributed by atoms with Gasteiger partial charge in [-0.1, -0.05) is 0 Å². The number of anilines is 1. The molecule has 1 atom stereocenters. The highest BCUT2D eigenvalue weighted by Crippen LogP contribution is 2.43. The largest absolute Gasteiger partial charge is 0.504 e. The molecule has 2 heterocycles. The lowest BCUT2D eigenvalue weighted by atomic mass is 9.88. The molecule has 2 aliphatic rings. The molecule has 0 saturated heterocycles. The summed E-state index contributed by atoms with van der Waals surface area (Å²) in [5.41, 5.74) is 4.89. The molecule has 27 heavy (non-hydrogen) atoms. The van der Waals surface area contributed by atoms with Crippen LogP contribution in [0.25, 0.3) is 0 Å². The molecule has 1 N–H and O–H groups in total. The molecular weight excluding hydrogens is 362 g/mol. The molecule has 5 nitrogen and oxygen atoms in total. The van der Waals surface area contributed by atoms with Crippen molar-refractivity contribution < 1.29 is 19.3 Å². The Bertz CT molecular complexity index is 855. The van der Waals surface area contributed by atoms with Gasteiger partial charge in [0.2, 0.25) is 6.79 Å². The summed E-state index contributed by atoms with van der Waals surface area (Å²) in [4.78, 5) is 2.28. The van der Waals surface area contributed by atoms with Crippen LogP contribution in [-0.4, -0.2) is 44.6 Å². The van der Waals surface area contributed by atoms with Crippen molar-refractivity contribution in [2.24, 2.45) is 0 Å². The molecule has 0 amide bonds. The molecule has 0 radical (unpaired) electrons. The van der Waals surface area contributed by atoms with Gasteiger partial charge in [-0.3, -0.25) is 0 Å². The monoisotopic (exact) mass is 387 g/mol. The molecule has 0 aliphatic carbocycles. The quantitative estimate of drug-likeness (QED) is 0.864. The van der Waals surface area contributed by atoms with Crippen LogP contribution in [-0.2, 0) is 12.8 Å². The van der Waals surface area contributed by atoms with Crippen molar-refractivity contribution in [3.63, 3.8) is 0 Å². The van der Waals surface area contributed by atoms with E-state index in [9.17, 15) is 5.11 Å². The van der Waals surface area contributed by atoms with Gasteiger partial charge in [0, 0.05) is 31.1 Å². The van der Waals surface area contributed by atoms with Crippen LogP contribution < -0.4 is 19.1 Å². The summed E-state index contributed by atoms with van der Waals surface area (Å²) in [6.45, 7) is 1.16. The lowest BCUT2D eigenvalue weighted by molar-refractivity contribution is 0.174. The van der Waals surface area contributed by atoms with Crippen LogP contribution in [0.15, 0.2) is 24.3 Å². The Hall–Kier alpha value is -2.21. The second-order valence-corrected chi connectivity index (χ2v) is 8.00. The van der Waals surface area contributed by atoms with Crippen LogP contribution in [0, 0.1) is 0 Å². The van der Waals surface area contributed by atoms with Crippen LogP contribution >= 0.6 is 11.8 Å². The zero-order valence-corrected chi connectivity index (χ0v) is 16.8. The molecule has 0 bridgehead atoms. The number of aromatic hydroxyl groups is 1. The number of rotatable bonds is 3. The minimum Gasteiger partial charge on any atom is -0.504 e. The number of thioether (sulfide) groups is 1. The molecule has 0 unspecified atom stereocenters. The van der Waals surface area contributed by atoms with Gasteiger partial charge >= 0.3 is 0 Å². The molecule has 4 rings (SSSR count). The highest BCUT2D eigenvalue weighted by Gasteiger charge is 2.26. The third-order valence-corrected chi connectivity index (χ3v) is 6.15. The van der Waals surface area contributed by atoms with Crippen LogP contribution in [0.4, 0.5) is 5.69 Å². The molecule has 6 heteroatoms. The number of likely N-dealkylation sites (N-methyl/N-ethyl adjacent to an activating group) is 1. The molecule has 144 valence electrons. The molecule has 2 aromatic carbocycles. The first-order chi connectivity index (χ1) is 13.1. The molecule has 0 aromatic heterocycles. The summed E-state index contributed by atoms with van der Waals surface area (Å²) < 4.78 is 16.6. The Morgan fingerprint density at radius 1 is 1.19 bits per heavy atom. The van der Waals surface area contributed by atoms with Gasteiger partial charge in [-0.15, -0.1) is 0 Å². The van der Waals surface area contributed by atoms with Gasteiger partial charge in [0.05, 0.1) is 7.11 Å². The lowest BCUT2D eigenvalue weighted by Gasteiger charge is -2.23. The fraction of sp³-hybridized carbons (Fsp3) is 0.429. The summed E-state index contributed by atoms with van der Waals surface area (Å²) in [5, 5.41) is 10.4. The lowest BCUT2D eigenvalue weighted by Crippen LogP contribution is -2.21. The van der Waals surface area contributed by atoms with Crippen molar-refractivity contribution in [2.45, 2.75) is 18.8 Å². The third-order valence-electron chi connectivity index (χ3n) is 5.42. The Balaban J connectivity index is 1.82. The Morgan fingerprint density at radius 3 is 2.70 bits per heavy atom. The van der Waals surface area contributed by atoms with E-state index in [0.717, 1.165) is 36.6 Å². The fourth-order valence-corrected chi connectivity index (χ4v) is 4.71. The predicted molar refractivity (Wildman–Crippen MR) is 109 cm³/mol. The number of phenols is 1. The highest BCUT2D eigenvalue weighted by molar-refractivity contribution is 7.98. The topological polar surface area (TPSA) is 51.2 Å². The van der Waals surface area contributed by atoms with E-state index in [-0.39, 0.29) is 12.5 Å². The van der Waals surface area contributed by atoms with Crippen molar-refractivity contribution >= 4 is 17.4 Å². The number of nitrogens with zero attached hydrogens (tertiary/aromatic N) is 1. The van der Waals surface area contributed by atoms with Crippen LogP contribution in [0.1, 0.15) is 22.6 Å². The van der Waals surface area contributed by atoms with Gasteiger partial charge in [-0.05, 0) is 59.9 Å². The maximum absolute atomic E-state index is 10.4. The first-order valence-electron chi connectivity index (χ1n) is 9.13. The minimum atomic E-state index is 0.209. The maximum atomic E-state index is 10.4. The average molecular weight is 388 g/mol. The third kappa shape index (κ3) is 3.38. The van der Waals surface area contributed by atoms with E-state index < -0.39 is 0 Å². The number of hydrogen-bond acceptors (Lipinski definition) is 6. The van der Waals surface area contributed by atoms with Gasteiger partial charge in [0.1, 0.15) is 0 Å². The van der Waals surface area contributed by atoms with Crippen molar-refractivity contribution in [3.8, 4) is 23.0 Å². The smallest absolute Gasteiger partial charge is 0.231 e. The van der Waals surface area contributed by atoms with Crippen molar-refractivity contribution in [1.29, 1.82) is 0 Å². The van der Waals surface area contributed by atoms with Gasteiger partial charge < -0.3 is 24.2 Å². The van der Waals surface area contributed by atoms with E-state index in [1.165, 1.54) is 22.4 Å². The van der Waals surface area contributed by atoms with E-state index in [0.29, 0.717) is 11.7 Å². The fourth-order valence-electron chi connectivity index (χ4n) is 4.01. The van der Waals surface area contributed by atoms with Crippen molar-refractivity contribution in [2.75, 3.05) is 44.4 Å². The first kappa shape index (κ1) is 18.2. The SMILES string of the molecule is COc1cc2c(cc1O)[C@H](CSC)Cc1cc3c(cc1N(C)CC2)OCO3. The van der Waals surface area contributed by atoms with E-state index >= 15 is 0 Å². The summed E-state index contributed by atoms with van der Waals surface area (Å²) in [5.74, 6) is 3.67. The van der Waals surface area contributed by atoms with E-state index in [4.69, 9.17) is 14.2 Å². The van der Waals surface area contributed by atoms with E-state index in [1.807, 2.05) is 23.9 Å². The predicted octanol–water partition coefficient (Wildman–Crippen LogP) is 3.81. The molecule has 0 fully saturated rings. The highest BCUT2D eigenvalue weighted by atomic mass is 32.2. The number of hydrogen-bond donors (Lipinski definition) is 1. The zero-order valence-electron chi connectivity index (χ0n) is 15.9. The van der Waals surface area contributed by atoms with Crippen LogP contribution in [0.5, 0.6) is 23.0 Å². The van der Waals surface area contributed by atoms with Gasteiger partial charge in [-0.25, -0.2) is 0 Å². The summed E-state index contributed by atoms with van der Waals surface area (Å²) in [6.07, 6.45) is 3.90. The summed E-state index contributed by atoms with van der Waals surface area (Å²) in [7, 11) is 3.72. The number of benzene rings is 2. The minimum absolute atomic E-state index is 0.209. The second kappa shape index (κ2) is 7.43. The van der Waals surface area contributed by atoms with E-state index in [2.05, 4.69) is 30.3 Å². The van der Waals surface area contributed by atoms with Crippen LogP contribution in [0.2, 0.25) is 0 Å². The number of methoxy groups -OCH3 is 1. The van der Waals surface area contributed by atoms with Gasteiger partial charge in [0.25, 0.3) is 0 Å². The van der Waals surface area contributed by atoms with Crippen molar-refractivity contribution in [1.82, 2.24) is 0 Å². The molecule has 2 aromatic rings. The summed E-state index contributed by atoms with van der Waals surface area (Å²) >= 11 is 1.83. The van der Waals surface area contributed by atoms with Gasteiger partial charge in [-0.2, -0.15) is 11.8 Å². The summed E-state index contributed by atoms with van der Waals surface area (Å²) in [6, 6.07) is 8.11. The van der Waals surface area contributed by atoms with Crippen molar-refractivity contribution in [3.05, 3.63) is 41.0 Å². The Morgan fingerprint density at radius 2 is 1.96 bits per heavy atom. The Kier molecular flexibility index (Phi) is 5.00. The standard InChI is InChI=1S/C21H25NO4S/c1-22-5-4-13-7-19(24-2)18(23)9-16(13)15(11-27-3)6-14-8-20-21(10-17(14)22)26-12-25-20/h7-10,15,23H,4-6,11-12H2,1-3H3/t15-/m0/s1. The maximum Gasteiger partial charge on any atom is 0.231 e. The molecular formula is C21H25NO4S. The van der Waals surface area contributed by atoms with Crippen LogP contribution in [0.3, 0.4) is 0 Å². The molecule has 2 aliphatic heterocycles. The average Bonchev–Trinajstić information content (AvgIpc) is 3.13. The number of ether oxygens (including phenoxy) is 3. The van der Waals surface area contributed by atoms with E-state index in [1.54, 1.807) is 7.11 Å². The number of phenolic OH excluding ortho intramolecular Hbond substituents is 1. The normalized spacial score (nSPS) is 18.2. The molecule has 0 saturated carbocycles. The zero-order chi connectivity index (χ0) is 19.0. The van der Waals surface area contributed by atoms with Gasteiger partial charge in [0.15, 0.2) is 23.0 Å². The second-order valence-electron chi connectivity index (χ2n) is 7.08. The molecule has 0 spiro atoms. The number of fused-ring (bicyclic) bond motifs is 3. The first-order valence-corrected chi connectivity index (χ1v) is 10.5. The Labute approximate surface area is 164 Å².